The smallest absolute Gasteiger partial charge is 0.318 e. The van der Waals surface area contributed by atoms with Gasteiger partial charge >= 0.3 is 6.03 Å². The Bertz CT molecular complexity index is 1730. The summed E-state index contributed by atoms with van der Waals surface area (Å²) < 4.78 is 2.07. The van der Waals surface area contributed by atoms with Crippen molar-refractivity contribution in [2.75, 3.05) is 13.1 Å². The van der Waals surface area contributed by atoms with Gasteiger partial charge < -0.3 is 14.6 Å². The average Bonchev–Trinajstić information content (AvgIpc) is 3.44. The van der Waals surface area contributed by atoms with Crippen molar-refractivity contribution in [3.63, 3.8) is 0 Å². The van der Waals surface area contributed by atoms with E-state index in [1.54, 1.807) is 0 Å². The maximum absolute atomic E-state index is 13.5. The standard InChI is InChI=1S/C35H31N5O/c41-33-36-23-34(16-17-34)24-40(33)35(30-22-39-18-8-7-13-31(39)38-30)20-27-14-15-29(19-28(27)21-35)37-32(25-9-3-1-4-10-25)26-11-5-2-6-12-26/h1-15,18-19,22H,16-17,20-21,23-24H2,(H,36,41). The molecule has 1 saturated carbocycles. The van der Waals surface area contributed by atoms with Crippen molar-refractivity contribution in [1.82, 2.24) is 19.6 Å². The molecule has 6 heteroatoms. The van der Waals surface area contributed by atoms with Crippen molar-refractivity contribution in [1.29, 1.82) is 0 Å². The van der Waals surface area contributed by atoms with E-state index in [0.29, 0.717) is 6.42 Å². The lowest BCUT2D eigenvalue weighted by Crippen LogP contribution is -2.61. The van der Waals surface area contributed by atoms with Crippen LogP contribution in [-0.4, -0.2) is 39.1 Å². The summed E-state index contributed by atoms with van der Waals surface area (Å²) in [5.41, 5.74) is 8.02. The van der Waals surface area contributed by atoms with Crippen molar-refractivity contribution < 1.29 is 4.79 Å². The zero-order chi connectivity index (χ0) is 27.4. The number of rotatable bonds is 5. The summed E-state index contributed by atoms with van der Waals surface area (Å²) in [5, 5.41) is 3.22. The fourth-order valence-corrected chi connectivity index (χ4v) is 6.68. The minimum atomic E-state index is -0.543. The van der Waals surface area contributed by atoms with Crippen molar-refractivity contribution >= 4 is 23.1 Å². The number of hydrogen-bond donors (Lipinski definition) is 1. The van der Waals surface area contributed by atoms with Gasteiger partial charge in [0.05, 0.1) is 22.6 Å². The van der Waals surface area contributed by atoms with Crippen LogP contribution in [0.5, 0.6) is 0 Å². The highest BCUT2D eigenvalue weighted by atomic mass is 16.2. The Kier molecular flexibility index (Phi) is 5.39. The molecule has 6 nitrogen and oxygen atoms in total. The number of benzene rings is 3. The van der Waals surface area contributed by atoms with Crippen LogP contribution in [0.4, 0.5) is 10.5 Å². The largest absolute Gasteiger partial charge is 0.337 e. The van der Waals surface area contributed by atoms with Gasteiger partial charge in [0.25, 0.3) is 0 Å². The number of imidazole rings is 1. The van der Waals surface area contributed by atoms with Crippen LogP contribution in [0.15, 0.2) is 114 Å². The molecule has 0 radical (unpaired) electrons. The number of hydrogen-bond acceptors (Lipinski definition) is 3. The van der Waals surface area contributed by atoms with Crippen molar-refractivity contribution in [3.05, 3.63) is 137 Å². The van der Waals surface area contributed by atoms with E-state index in [4.69, 9.17) is 9.98 Å². The van der Waals surface area contributed by atoms with Gasteiger partial charge in [0.2, 0.25) is 0 Å². The number of amides is 2. The molecular formula is C35H31N5O. The molecule has 1 atom stereocenters. The van der Waals surface area contributed by atoms with E-state index in [2.05, 4.69) is 87.5 Å². The van der Waals surface area contributed by atoms with Gasteiger partial charge in [-0.1, -0.05) is 72.8 Å². The average molecular weight is 538 g/mol. The third-order valence-electron chi connectivity index (χ3n) is 9.16. The molecule has 2 aromatic heterocycles. The van der Waals surface area contributed by atoms with Gasteiger partial charge in [0.1, 0.15) is 5.65 Å². The molecule has 3 aliphatic rings. The molecule has 5 aromatic rings. The second kappa shape index (κ2) is 9.16. The van der Waals surface area contributed by atoms with E-state index in [1.807, 2.05) is 36.5 Å². The minimum Gasteiger partial charge on any atom is -0.337 e. The highest BCUT2D eigenvalue weighted by Crippen LogP contribution is 2.52. The zero-order valence-corrected chi connectivity index (χ0v) is 22.8. The Morgan fingerprint density at radius 3 is 2.24 bits per heavy atom. The number of fused-ring (bicyclic) bond motifs is 2. The maximum atomic E-state index is 13.5. The van der Waals surface area contributed by atoms with Crippen LogP contribution in [0.3, 0.4) is 0 Å². The topological polar surface area (TPSA) is 62.0 Å². The Labute approximate surface area is 239 Å². The van der Waals surface area contributed by atoms with Crippen LogP contribution < -0.4 is 5.32 Å². The number of aliphatic imine (C=N–C) groups is 1. The lowest BCUT2D eigenvalue weighted by molar-refractivity contribution is 0.0752. The molecule has 3 heterocycles. The van der Waals surface area contributed by atoms with Crippen molar-refractivity contribution in [3.8, 4) is 0 Å². The number of nitrogens with zero attached hydrogens (tertiary/aromatic N) is 4. The second-order valence-corrected chi connectivity index (χ2v) is 11.9. The van der Waals surface area contributed by atoms with E-state index >= 15 is 0 Å². The zero-order valence-electron chi connectivity index (χ0n) is 22.8. The first-order valence-corrected chi connectivity index (χ1v) is 14.4. The molecular weight excluding hydrogens is 506 g/mol. The first kappa shape index (κ1) is 24.1. The lowest BCUT2D eigenvalue weighted by Gasteiger charge is -2.45. The summed E-state index contributed by atoms with van der Waals surface area (Å²) in [7, 11) is 0. The van der Waals surface area contributed by atoms with Crippen molar-refractivity contribution in [2.45, 2.75) is 31.2 Å². The van der Waals surface area contributed by atoms with E-state index in [0.717, 1.165) is 53.4 Å². The van der Waals surface area contributed by atoms with E-state index in [1.165, 1.54) is 24.0 Å². The number of aromatic nitrogens is 2. The molecule has 1 N–H and O–H groups in total. The third kappa shape index (κ3) is 4.13. The predicted octanol–water partition coefficient (Wildman–Crippen LogP) is 6.30. The van der Waals surface area contributed by atoms with Gasteiger partial charge in [-0.15, -0.1) is 0 Å². The van der Waals surface area contributed by atoms with Gasteiger partial charge in [-0.2, -0.15) is 0 Å². The quantitative estimate of drug-likeness (QED) is 0.267. The van der Waals surface area contributed by atoms with Crippen LogP contribution in [0.2, 0.25) is 0 Å². The molecule has 1 spiro atoms. The first-order valence-electron chi connectivity index (χ1n) is 14.4. The number of carbonyl (C=O) groups excluding carboxylic acids is 1. The molecule has 1 aliphatic heterocycles. The van der Waals surface area contributed by atoms with Crippen LogP contribution in [0.25, 0.3) is 5.65 Å². The first-order chi connectivity index (χ1) is 20.1. The molecule has 8 rings (SSSR count). The highest BCUT2D eigenvalue weighted by Gasteiger charge is 2.55. The summed E-state index contributed by atoms with van der Waals surface area (Å²) >= 11 is 0. The molecule has 0 bridgehead atoms. The molecule has 41 heavy (non-hydrogen) atoms. The molecule has 1 unspecified atom stereocenters. The number of urea groups is 1. The highest BCUT2D eigenvalue weighted by molar-refractivity contribution is 6.13. The normalized spacial score (nSPS) is 20.6. The van der Waals surface area contributed by atoms with Gasteiger partial charge in [-0.3, -0.25) is 0 Å². The summed E-state index contributed by atoms with van der Waals surface area (Å²) in [5.74, 6) is 0. The SMILES string of the molecule is O=C1NCC2(CC2)CN1C1(c2cn3ccccc3n2)Cc2ccc(N=C(c3ccccc3)c3ccccc3)cc2C1. The molecule has 2 aliphatic carbocycles. The fourth-order valence-electron chi connectivity index (χ4n) is 6.68. The van der Waals surface area contributed by atoms with E-state index in [-0.39, 0.29) is 11.4 Å². The van der Waals surface area contributed by atoms with Crippen molar-refractivity contribution in [2.24, 2.45) is 10.4 Å². The monoisotopic (exact) mass is 537 g/mol. The fraction of sp³-hybridized carbons (Fsp3) is 0.229. The Hall–Kier alpha value is -4.71. The van der Waals surface area contributed by atoms with Crippen LogP contribution in [0, 0.1) is 5.41 Å². The number of carbonyl (C=O) groups is 1. The van der Waals surface area contributed by atoms with Crippen LogP contribution in [-0.2, 0) is 18.4 Å². The third-order valence-corrected chi connectivity index (χ3v) is 9.16. The van der Waals surface area contributed by atoms with Crippen LogP contribution >= 0.6 is 0 Å². The summed E-state index contributed by atoms with van der Waals surface area (Å²) in [6, 6.07) is 33.3. The van der Waals surface area contributed by atoms with E-state index < -0.39 is 5.54 Å². The van der Waals surface area contributed by atoms with Gasteiger partial charge in [-0.05, 0) is 48.2 Å². The van der Waals surface area contributed by atoms with Gasteiger partial charge in [0.15, 0.2) is 0 Å². The summed E-state index contributed by atoms with van der Waals surface area (Å²) in [6.45, 7) is 1.55. The molecule has 1 saturated heterocycles. The Morgan fingerprint density at radius 1 is 0.829 bits per heavy atom. The summed E-state index contributed by atoms with van der Waals surface area (Å²) in [6.07, 6.45) is 7.93. The maximum Gasteiger partial charge on any atom is 0.318 e. The lowest BCUT2D eigenvalue weighted by atomic mass is 9.87. The van der Waals surface area contributed by atoms with Crippen LogP contribution in [0.1, 0.15) is 40.8 Å². The minimum absolute atomic E-state index is 0.0149. The van der Waals surface area contributed by atoms with Gasteiger partial charge in [0, 0.05) is 54.9 Å². The number of pyridine rings is 1. The molecule has 2 amide bonds. The second-order valence-electron chi connectivity index (χ2n) is 11.9. The van der Waals surface area contributed by atoms with E-state index in [9.17, 15) is 4.79 Å². The molecule has 3 aromatic carbocycles. The molecule has 2 fully saturated rings. The number of nitrogens with one attached hydrogen (secondary N) is 1. The Morgan fingerprint density at radius 2 is 1.54 bits per heavy atom. The predicted molar refractivity (Wildman–Crippen MR) is 161 cm³/mol. The molecule has 202 valence electrons. The summed E-state index contributed by atoms with van der Waals surface area (Å²) in [4.78, 5) is 25.9. The van der Waals surface area contributed by atoms with Gasteiger partial charge in [-0.25, -0.2) is 14.8 Å². The Balaban J connectivity index is 1.22.